The van der Waals surface area contributed by atoms with E-state index >= 15 is 0 Å². The average molecular weight is 346 g/mol. The zero-order chi connectivity index (χ0) is 17.3. The molecule has 1 N–H and O–H groups in total. The van der Waals surface area contributed by atoms with Gasteiger partial charge in [-0.1, -0.05) is 17.7 Å². The van der Waals surface area contributed by atoms with Crippen molar-refractivity contribution >= 4 is 29.1 Å². The number of nitrogens with zero attached hydrogens (tertiary/aromatic N) is 2. The highest BCUT2D eigenvalue weighted by Crippen LogP contribution is 2.23. The highest BCUT2D eigenvalue weighted by Gasteiger charge is 2.34. The van der Waals surface area contributed by atoms with Gasteiger partial charge in [0.15, 0.2) is 0 Å². The molecule has 0 spiro atoms. The molecule has 1 aliphatic rings. The van der Waals surface area contributed by atoms with Crippen LogP contribution in [0.4, 0.5) is 5.69 Å². The Morgan fingerprint density at radius 1 is 1.25 bits per heavy atom. The summed E-state index contributed by atoms with van der Waals surface area (Å²) in [5, 5.41) is 0.544. The maximum absolute atomic E-state index is 12.6. The minimum Gasteiger partial charge on any atom is -0.328 e. The Kier molecular flexibility index (Phi) is 4.40. The summed E-state index contributed by atoms with van der Waals surface area (Å²) in [4.78, 5) is 42.4. The van der Waals surface area contributed by atoms with Crippen LogP contribution in [0.2, 0.25) is 5.02 Å². The lowest BCUT2D eigenvalue weighted by molar-refractivity contribution is -0.121. The van der Waals surface area contributed by atoms with Gasteiger partial charge in [-0.15, -0.1) is 0 Å². The third-order valence-electron chi connectivity index (χ3n) is 4.01. The predicted molar refractivity (Wildman–Crippen MR) is 91.4 cm³/mol. The minimum absolute atomic E-state index is 0.0355. The first kappa shape index (κ1) is 16.3. The fraction of sp³-hybridized carbons (Fsp3) is 0.235. The smallest absolute Gasteiger partial charge is 0.260 e. The summed E-state index contributed by atoms with van der Waals surface area (Å²) in [5.74, 6) is -0.653. The summed E-state index contributed by atoms with van der Waals surface area (Å²) >= 11 is 5.98. The lowest BCUT2D eigenvalue weighted by Gasteiger charge is -2.39. The van der Waals surface area contributed by atoms with Gasteiger partial charge in [0, 0.05) is 29.5 Å². The first-order chi connectivity index (χ1) is 11.5. The van der Waals surface area contributed by atoms with Gasteiger partial charge < -0.3 is 14.8 Å². The fourth-order valence-corrected chi connectivity index (χ4v) is 2.95. The van der Waals surface area contributed by atoms with Crippen molar-refractivity contribution in [2.24, 2.45) is 0 Å². The summed E-state index contributed by atoms with van der Waals surface area (Å²) in [5.41, 5.74) is 0.275. The maximum atomic E-state index is 12.6. The summed E-state index contributed by atoms with van der Waals surface area (Å²) in [6.07, 6.45) is 1.46. The number of hydrogen-bond acceptors (Lipinski definition) is 3. The Morgan fingerprint density at radius 2 is 2.04 bits per heavy atom. The highest BCUT2D eigenvalue weighted by molar-refractivity contribution is 6.30. The van der Waals surface area contributed by atoms with Crippen LogP contribution in [0, 0.1) is 0 Å². The van der Waals surface area contributed by atoms with Gasteiger partial charge in [-0.3, -0.25) is 14.4 Å². The number of benzene rings is 1. The van der Waals surface area contributed by atoms with Gasteiger partial charge in [0.25, 0.3) is 11.5 Å². The number of carbonyl (C=O) groups excluding carboxylic acids is 2. The number of aromatic nitrogens is 1. The number of hydrogen-bond donors (Lipinski definition) is 1. The van der Waals surface area contributed by atoms with E-state index in [0.717, 1.165) is 0 Å². The first-order valence-electron chi connectivity index (χ1n) is 7.52. The normalized spacial score (nSPS) is 17.9. The SMILES string of the molecule is C[C@H]1CN(c2cccc(Cl)c2)C(=O)CN1C(=O)c1ccc[nH]c1=O. The molecule has 2 amide bonds. The van der Waals surface area contributed by atoms with Crippen molar-refractivity contribution in [3.63, 3.8) is 0 Å². The molecule has 2 aromatic rings. The Hall–Kier alpha value is -2.60. The number of rotatable bonds is 2. The van der Waals surface area contributed by atoms with E-state index in [-0.39, 0.29) is 24.1 Å². The van der Waals surface area contributed by atoms with E-state index in [0.29, 0.717) is 17.3 Å². The Labute approximate surface area is 143 Å². The van der Waals surface area contributed by atoms with Crippen LogP contribution in [0.1, 0.15) is 17.3 Å². The number of pyridine rings is 1. The third kappa shape index (κ3) is 3.05. The number of halogens is 1. The van der Waals surface area contributed by atoms with Crippen LogP contribution in [-0.4, -0.2) is 40.8 Å². The molecule has 1 aliphatic heterocycles. The van der Waals surface area contributed by atoms with Crippen molar-refractivity contribution in [3.8, 4) is 0 Å². The van der Waals surface area contributed by atoms with Gasteiger partial charge in [-0.2, -0.15) is 0 Å². The van der Waals surface area contributed by atoms with Crippen LogP contribution in [0.25, 0.3) is 0 Å². The molecule has 6 nitrogen and oxygen atoms in total. The van der Waals surface area contributed by atoms with Crippen LogP contribution >= 0.6 is 11.6 Å². The monoisotopic (exact) mass is 345 g/mol. The second-order valence-corrected chi connectivity index (χ2v) is 6.12. The second-order valence-electron chi connectivity index (χ2n) is 5.68. The van der Waals surface area contributed by atoms with Gasteiger partial charge in [0.1, 0.15) is 12.1 Å². The van der Waals surface area contributed by atoms with Crippen molar-refractivity contribution in [1.82, 2.24) is 9.88 Å². The lowest BCUT2D eigenvalue weighted by atomic mass is 10.1. The zero-order valence-electron chi connectivity index (χ0n) is 13.0. The molecule has 1 fully saturated rings. The Bertz CT molecular complexity index is 849. The van der Waals surface area contributed by atoms with E-state index in [2.05, 4.69) is 4.98 Å². The van der Waals surface area contributed by atoms with Crippen LogP contribution in [0.3, 0.4) is 0 Å². The molecule has 24 heavy (non-hydrogen) atoms. The van der Waals surface area contributed by atoms with Gasteiger partial charge in [-0.05, 0) is 37.3 Å². The molecule has 2 heterocycles. The average Bonchev–Trinajstić information content (AvgIpc) is 2.56. The number of piperazine rings is 1. The van der Waals surface area contributed by atoms with E-state index in [1.165, 1.54) is 17.2 Å². The number of anilines is 1. The molecule has 0 saturated carbocycles. The summed E-state index contributed by atoms with van der Waals surface area (Å²) in [6, 6.07) is 9.85. The van der Waals surface area contributed by atoms with E-state index in [1.807, 2.05) is 6.92 Å². The van der Waals surface area contributed by atoms with Crippen LogP contribution in [-0.2, 0) is 4.79 Å². The van der Waals surface area contributed by atoms with Gasteiger partial charge in [0.05, 0.1) is 0 Å². The van der Waals surface area contributed by atoms with Gasteiger partial charge >= 0.3 is 0 Å². The van der Waals surface area contributed by atoms with E-state index in [9.17, 15) is 14.4 Å². The fourth-order valence-electron chi connectivity index (χ4n) is 2.76. The van der Waals surface area contributed by atoms with Crippen molar-refractivity contribution in [3.05, 3.63) is 63.5 Å². The molecule has 1 aromatic carbocycles. The van der Waals surface area contributed by atoms with Crippen LogP contribution < -0.4 is 10.5 Å². The molecule has 1 aromatic heterocycles. The summed E-state index contributed by atoms with van der Waals surface area (Å²) in [7, 11) is 0. The Morgan fingerprint density at radius 3 is 2.75 bits per heavy atom. The zero-order valence-corrected chi connectivity index (χ0v) is 13.8. The minimum atomic E-state index is -0.459. The van der Waals surface area contributed by atoms with E-state index < -0.39 is 11.5 Å². The lowest BCUT2D eigenvalue weighted by Crippen LogP contribution is -2.57. The molecule has 0 bridgehead atoms. The summed E-state index contributed by atoms with van der Waals surface area (Å²) in [6.45, 7) is 2.11. The molecule has 1 atom stereocenters. The first-order valence-corrected chi connectivity index (χ1v) is 7.90. The molecule has 124 valence electrons. The number of H-pyrrole nitrogens is 1. The van der Waals surface area contributed by atoms with Crippen molar-refractivity contribution in [2.75, 3.05) is 18.0 Å². The van der Waals surface area contributed by atoms with Crippen molar-refractivity contribution < 1.29 is 9.59 Å². The summed E-state index contributed by atoms with van der Waals surface area (Å²) < 4.78 is 0. The van der Waals surface area contributed by atoms with Gasteiger partial charge in [0.2, 0.25) is 5.91 Å². The maximum Gasteiger partial charge on any atom is 0.260 e. The predicted octanol–water partition coefficient (Wildman–Crippen LogP) is 1.91. The van der Waals surface area contributed by atoms with Crippen LogP contribution in [0.15, 0.2) is 47.4 Å². The molecule has 1 saturated heterocycles. The molecule has 0 unspecified atom stereocenters. The molecule has 0 radical (unpaired) electrons. The Balaban J connectivity index is 1.83. The number of nitrogens with one attached hydrogen (secondary N) is 1. The van der Waals surface area contributed by atoms with E-state index in [4.69, 9.17) is 11.6 Å². The molecular weight excluding hydrogens is 330 g/mol. The van der Waals surface area contributed by atoms with Crippen LogP contribution in [0.5, 0.6) is 0 Å². The standard InChI is InChI=1S/C17H16ClN3O3/c1-11-9-21(13-5-2-4-12(18)8-13)15(22)10-20(11)17(24)14-6-3-7-19-16(14)23/h2-8,11H,9-10H2,1H3,(H,19,23)/t11-/m0/s1. The molecule has 0 aliphatic carbocycles. The molecule has 3 rings (SSSR count). The molecule has 7 heteroatoms. The number of aromatic amines is 1. The third-order valence-corrected chi connectivity index (χ3v) is 4.25. The second kappa shape index (κ2) is 6.49. The topological polar surface area (TPSA) is 73.5 Å². The van der Waals surface area contributed by atoms with E-state index in [1.54, 1.807) is 35.2 Å². The van der Waals surface area contributed by atoms with Crippen molar-refractivity contribution in [1.29, 1.82) is 0 Å². The van der Waals surface area contributed by atoms with Gasteiger partial charge in [-0.25, -0.2) is 0 Å². The quantitative estimate of drug-likeness (QED) is 0.903. The molecular formula is C17H16ClN3O3. The number of carbonyl (C=O) groups is 2. The van der Waals surface area contributed by atoms with Crippen molar-refractivity contribution in [2.45, 2.75) is 13.0 Å². The highest BCUT2D eigenvalue weighted by atomic mass is 35.5. The largest absolute Gasteiger partial charge is 0.328 e. The number of amides is 2.